The number of carboxylic acid groups (broad SMARTS) is 1. The first-order chi connectivity index (χ1) is 9.80. The first-order valence-electron chi connectivity index (χ1n) is 7.05. The second kappa shape index (κ2) is 5.60. The van der Waals surface area contributed by atoms with Crippen LogP contribution in [0.3, 0.4) is 0 Å². The number of carboxylic acids is 1. The van der Waals surface area contributed by atoms with Crippen LogP contribution in [0.2, 0.25) is 0 Å². The van der Waals surface area contributed by atoms with Crippen LogP contribution in [0.4, 0.5) is 0 Å². The highest BCUT2D eigenvalue weighted by Crippen LogP contribution is 2.24. The van der Waals surface area contributed by atoms with E-state index in [0.29, 0.717) is 17.6 Å². The van der Waals surface area contributed by atoms with Crippen LogP contribution >= 0.6 is 11.3 Å². The molecule has 0 amide bonds. The fourth-order valence-electron chi connectivity index (χ4n) is 2.18. The molecule has 21 heavy (non-hydrogen) atoms. The van der Waals surface area contributed by atoms with Gasteiger partial charge in [0.15, 0.2) is 0 Å². The number of hydrogen-bond acceptors (Lipinski definition) is 4. The summed E-state index contributed by atoms with van der Waals surface area (Å²) in [6.07, 6.45) is 1.46. The van der Waals surface area contributed by atoms with Crippen LogP contribution in [0.5, 0.6) is 0 Å². The summed E-state index contributed by atoms with van der Waals surface area (Å²) in [5.74, 6) is -0.276. The second-order valence-corrected chi connectivity index (χ2v) is 6.86. The lowest BCUT2D eigenvalue weighted by Gasteiger charge is -2.22. The Labute approximate surface area is 127 Å². The molecular formula is C15H20N2O3S. The van der Waals surface area contributed by atoms with Crippen molar-refractivity contribution in [3.8, 4) is 0 Å². The molecule has 0 saturated carbocycles. The molecule has 1 N–H and O–H groups in total. The van der Waals surface area contributed by atoms with Gasteiger partial charge in [0, 0.05) is 17.8 Å². The van der Waals surface area contributed by atoms with Gasteiger partial charge in [0.1, 0.15) is 10.7 Å². The number of aliphatic carboxylic acids is 1. The zero-order valence-electron chi connectivity index (χ0n) is 12.8. The van der Waals surface area contributed by atoms with Crippen LogP contribution < -0.4 is 5.56 Å². The van der Waals surface area contributed by atoms with Crippen molar-refractivity contribution in [3.63, 3.8) is 0 Å². The molecule has 0 aromatic carbocycles. The van der Waals surface area contributed by atoms with Crippen molar-refractivity contribution >= 4 is 27.5 Å². The summed E-state index contributed by atoms with van der Waals surface area (Å²) in [5, 5.41) is 9.87. The minimum atomic E-state index is -1.01. The van der Waals surface area contributed by atoms with E-state index in [1.165, 1.54) is 15.9 Å². The minimum absolute atomic E-state index is 0.130. The monoisotopic (exact) mass is 308 g/mol. The second-order valence-electron chi connectivity index (χ2n) is 5.75. The molecule has 0 aliphatic carbocycles. The number of aryl methyl sites for hydroxylation is 2. The highest BCUT2D eigenvalue weighted by atomic mass is 32.1. The Bertz CT molecular complexity index is 743. The van der Waals surface area contributed by atoms with Crippen molar-refractivity contribution in [1.82, 2.24) is 9.55 Å². The van der Waals surface area contributed by atoms with Gasteiger partial charge in [-0.05, 0) is 26.3 Å². The Kier molecular flexibility index (Phi) is 4.18. The molecule has 5 nitrogen and oxygen atoms in total. The maximum Gasteiger partial charge on any atom is 0.310 e. The van der Waals surface area contributed by atoms with Crippen LogP contribution in [0.1, 0.15) is 38.4 Å². The molecule has 0 aliphatic rings. The van der Waals surface area contributed by atoms with Gasteiger partial charge in [0.05, 0.1) is 10.8 Å². The first-order valence-corrected chi connectivity index (χ1v) is 7.87. The highest BCUT2D eigenvalue weighted by molar-refractivity contribution is 7.18. The maximum atomic E-state index is 12.7. The lowest BCUT2D eigenvalue weighted by atomic mass is 9.93. The third-order valence-electron chi connectivity index (χ3n) is 3.58. The Balaban J connectivity index is 2.64. The van der Waals surface area contributed by atoms with Crippen molar-refractivity contribution in [1.29, 1.82) is 0 Å². The Morgan fingerprint density at radius 1 is 1.38 bits per heavy atom. The molecule has 2 aromatic heterocycles. The standard InChI is InChI=1S/C15H20N2O3S/c1-5-9-7-10-12(21-9)16-11(6-2)17(13(10)18)8-15(3,4)14(19)20/h7H,5-6,8H2,1-4H3,(H,19,20). The predicted molar refractivity (Wildman–Crippen MR) is 84.1 cm³/mol. The Hall–Kier alpha value is -1.69. The van der Waals surface area contributed by atoms with Crippen LogP contribution in [0, 0.1) is 5.41 Å². The highest BCUT2D eigenvalue weighted by Gasteiger charge is 2.29. The van der Waals surface area contributed by atoms with Gasteiger partial charge in [-0.1, -0.05) is 13.8 Å². The van der Waals surface area contributed by atoms with E-state index in [9.17, 15) is 14.7 Å². The largest absolute Gasteiger partial charge is 0.481 e. The zero-order chi connectivity index (χ0) is 15.8. The van der Waals surface area contributed by atoms with Gasteiger partial charge >= 0.3 is 5.97 Å². The summed E-state index contributed by atoms with van der Waals surface area (Å²) in [7, 11) is 0. The van der Waals surface area contributed by atoms with Gasteiger partial charge < -0.3 is 5.11 Å². The Morgan fingerprint density at radius 2 is 2.05 bits per heavy atom. The fourth-order valence-corrected chi connectivity index (χ4v) is 3.15. The van der Waals surface area contributed by atoms with E-state index in [1.54, 1.807) is 13.8 Å². The maximum absolute atomic E-state index is 12.7. The van der Waals surface area contributed by atoms with Crippen LogP contribution in [-0.2, 0) is 24.2 Å². The van der Waals surface area contributed by atoms with E-state index < -0.39 is 11.4 Å². The number of hydrogen-bond donors (Lipinski definition) is 1. The van der Waals surface area contributed by atoms with Gasteiger partial charge in [-0.25, -0.2) is 4.98 Å². The molecule has 0 fully saturated rings. The van der Waals surface area contributed by atoms with Gasteiger partial charge in [0.25, 0.3) is 5.56 Å². The normalized spacial score (nSPS) is 12.0. The number of carbonyl (C=O) groups is 1. The van der Waals surface area contributed by atoms with Gasteiger partial charge in [-0.15, -0.1) is 11.3 Å². The van der Waals surface area contributed by atoms with E-state index in [0.717, 1.165) is 16.1 Å². The fraction of sp³-hybridized carbons (Fsp3) is 0.533. The third kappa shape index (κ3) is 2.85. The molecule has 0 unspecified atom stereocenters. The van der Waals surface area contributed by atoms with Crippen molar-refractivity contribution in [2.24, 2.45) is 5.41 Å². The van der Waals surface area contributed by atoms with E-state index >= 15 is 0 Å². The summed E-state index contributed by atoms with van der Waals surface area (Å²) in [6, 6.07) is 1.87. The summed E-state index contributed by atoms with van der Waals surface area (Å²) < 4.78 is 1.52. The Morgan fingerprint density at radius 3 is 2.57 bits per heavy atom. The smallest absolute Gasteiger partial charge is 0.310 e. The zero-order valence-corrected chi connectivity index (χ0v) is 13.6. The predicted octanol–water partition coefficient (Wildman–Crippen LogP) is 2.69. The number of nitrogens with zero attached hydrogens (tertiary/aromatic N) is 2. The van der Waals surface area contributed by atoms with Crippen LogP contribution in [-0.4, -0.2) is 20.6 Å². The quantitative estimate of drug-likeness (QED) is 0.921. The van der Waals surface area contributed by atoms with Crippen molar-refractivity contribution in [3.05, 3.63) is 27.1 Å². The van der Waals surface area contributed by atoms with E-state index in [-0.39, 0.29) is 12.1 Å². The molecule has 0 bridgehead atoms. The number of thiophene rings is 1. The molecule has 0 aliphatic heterocycles. The van der Waals surface area contributed by atoms with E-state index in [4.69, 9.17) is 0 Å². The number of fused-ring (bicyclic) bond motifs is 1. The molecule has 2 heterocycles. The first kappa shape index (κ1) is 15.7. The molecular weight excluding hydrogens is 288 g/mol. The lowest BCUT2D eigenvalue weighted by molar-refractivity contribution is -0.147. The van der Waals surface area contributed by atoms with E-state index in [1.807, 2.05) is 19.9 Å². The molecule has 0 radical (unpaired) electrons. The molecule has 0 saturated heterocycles. The van der Waals surface area contributed by atoms with Gasteiger partial charge in [-0.3, -0.25) is 14.2 Å². The van der Waals surface area contributed by atoms with Crippen molar-refractivity contribution in [2.45, 2.75) is 47.1 Å². The molecule has 114 valence electrons. The summed E-state index contributed by atoms with van der Waals surface area (Å²) in [4.78, 5) is 30.4. The summed E-state index contributed by atoms with van der Waals surface area (Å²) >= 11 is 1.53. The third-order valence-corrected chi connectivity index (χ3v) is 4.75. The molecule has 2 rings (SSSR count). The van der Waals surface area contributed by atoms with Crippen LogP contribution in [0.15, 0.2) is 10.9 Å². The molecule has 2 aromatic rings. The SMILES string of the molecule is CCc1cc2c(=O)n(CC(C)(C)C(=O)O)c(CC)nc2s1. The lowest BCUT2D eigenvalue weighted by Crippen LogP contribution is -2.36. The minimum Gasteiger partial charge on any atom is -0.481 e. The van der Waals surface area contributed by atoms with Gasteiger partial charge in [-0.2, -0.15) is 0 Å². The summed E-state index contributed by atoms with van der Waals surface area (Å²) in [6.45, 7) is 7.33. The van der Waals surface area contributed by atoms with Crippen molar-refractivity contribution in [2.75, 3.05) is 0 Å². The molecule has 0 spiro atoms. The molecule has 6 heteroatoms. The summed E-state index contributed by atoms with van der Waals surface area (Å²) in [5.41, 5.74) is -1.14. The van der Waals surface area contributed by atoms with Crippen molar-refractivity contribution < 1.29 is 9.90 Å². The van der Waals surface area contributed by atoms with Crippen LogP contribution in [0.25, 0.3) is 10.2 Å². The number of rotatable bonds is 5. The topological polar surface area (TPSA) is 72.2 Å². The van der Waals surface area contributed by atoms with Gasteiger partial charge in [0.2, 0.25) is 0 Å². The average Bonchev–Trinajstić information content (AvgIpc) is 2.84. The van der Waals surface area contributed by atoms with E-state index in [2.05, 4.69) is 4.98 Å². The number of aromatic nitrogens is 2. The molecule has 0 atom stereocenters. The average molecular weight is 308 g/mol.